The third-order valence-electron chi connectivity index (χ3n) is 5.11. The van der Waals surface area contributed by atoms with Crippen LogP contribution >= 0.6 is 0 Å². The Morgan fingerprint density at radius 2 is 1.92 bits per heavy atom. The SMILES string of the molecule is Cn1cccc1C(=O)N1CCC(Cc2nc(-c3ccccc3)n[nH]2)CC1. The Morgan fingerprint density at radius 3 is 2.62 bits per heavy atom. The molecule has 1 amide bonds. The number of carbonyl (C=O) groups is 1. The summed E-state index contributed by atoms with van der Waals surface area (Å²) in [7, 11) is 1.91. The number of aromatic amines is 1. The second kappa shape index (κ2) is 7.15. The van der Waals surface area contributed by atoms with Crippen molar-refractivity contribution in [2.75, 3.05) is 13.1 Å². The van der Waals surface area contributed by atoms with E-state index in [0.717, 1.165) is 55.3 Å². The number of aromatic nitrogens is 4. The van der Waals surface area contributed by atoms with Crippen molar-refractivity contribution in [3.05, 3.63) is 60.2 Å². The molecular weight excluding hydrogens is 326 g/mol. The molecule has 1 aliphatic heterocycles. The van der Waals surface area contributed by atoms with Gasteiger partial charge in [-0.25, -0.2) is 4.98 Å². The van der Waals surface area contributed by atoms with Crippen LogP contribution in [0.25, 0.3) is 11.4 Å². The number of piperidine rings is 1. The number of benzene rings is 1. The molecule has 1 N–H and O–H groups in total. The molecule has 3 aromatic rings. The van der Waals surface area contributed by atoms with Crippen molar-refractivity contribution in [3.63, 3.8) is 0 Å². The minimum absolute atomic E-state index is 0.127. The lowest BCUT2D eigenvalue weighted by Gasteiger charge is -2.31. The molecule has 0 atom stereocenters. The zero-order valence-electron chi connectivity index (χ0n) is 14.9. The van der Waals surface area contributed by atoms with Crippen molar-refractivity contribution >= 4 is 5.91 Å². The number of amides is 1. The molecule has 6 heteroatoms. The van der Waals surface area contributed by atoms with Gasteiger partial charge >= 0.3 is 0 Å². The first-order valence-corrected chi connectivity index (χ1v) is 9.08. The Bertz CT molecular complexity index is 875. The van der Waals surface area contributed by atoms with Crippen molar-refractivity contribution in [3.8, 4) is 11.4 Å². The van der Waals surface area contributed by atoms with Crippen LogP contribution in [-0.2, 0) is 13.5 Å². The van der Waals surface area contributed by atoms with Gasteiger partial charge in [0, 0.05) is 38.3 Å². The smallest absolute Gasteiger partial charge is 0.270 e. The van der Waals surface area contributed by atoms with E-state index >= 15 is 0 Å². The third-order valence-corrected chi connectivity index (χ3v) is 5.11. The normalized spacial score (nSPS) is 15.3. The van der Waals surface area contributed by atoms with E-state index in [2.05, 4.69) is 15.2 Å². The van der Waals surface area contributed by atoms with E-state index in [4.69, 9.17) is 0 Å². The van der Waals surface area contributed by atoms with Gasteiger partial charge in [-0.3, -0.25) is 9.89 Å². The highest BCUT2D eigenvalue weighted by atomic mass is 16.2. The minimum atomic E-state index is 0.127. The number of aryl methyl sites for hydroxylation is 1. The summed E-state index contributed by atoms with van der Waals surface area (Å²) in [5.74, 6) is 2.33. The number of carbonyl (C=O) groups excluding carboxylic acids is 1. The molecule has 1 aromatic carbocycles. The van der Waals surface area contributed by atoms with E-state index in [1.54, 1.807) is 0 Å². The fraction of sp³-hybridized carbons (Fsp3) is 0.350. The molecule has 0 bridgehead atoms. The molecule has 0 unspecified atom stereocenters. The summed E-state index contributed by atoms with van der Waals surface area (Å²) in [4.78, 5) is 19.2. The molecule has 3 heterocycles. The Morgan fingerprint density at radius 1 is 1.15 bits per heavy atom. The lowest BCUT2D eigenvalue weighted by molar-refractivity contribution is 0.0680. The fourth-order valence-electron chi connectivity index (χ4n) is 3.56. The van der Waals surface area contributed by atoms with Gasteiger partial charge in [-0.05, 0) is 30.9 Å². The van der Waals surface area contributed by atoms with Crippen molar-refractivity contribution in [1.29, 1.82) is 0 Å². The van der Waals surface area contributed by atoms with Crippen molar-refractivity contribution in [1.82, 2.24) is 24.6 Å². The maximum absolute atomic E-state index is 12.6. The average molecular weight is 349 g/mol. The lowest BCUT2D eigenvalue weighted by Crippen LogP contribution is -2.39. The Labute approximate surface area is 152 Å². The predicted molar refractivity (Wildman–Crippen MR) is 99.6 cm³/mol. The summed E-state index contributed by atoms with van der Waals surface area (Å²) in [5.41, 5.74) is 1.78. The van der Waals surface area contributed by atoms with Gasteiger partial charge < -0.3 is 9.47 Å². The molecule has 4 rings (SSSR count). The Kier molecular flexibility index (Phi) is 4.56. The van der Waals surface area contributed by atoms with E-state index in [1.807, 2.05) is 65.2 Å². The standard InChI is InChI=1S/C20H23N5O/c1-24-11-5-8-17(24)20(26)25-12-9-15(10-13-25)14-18-21-19(23-22-18)16-6-3-2-4-7-16/h2-8,11,15H,9-10,12-14H2,1H3,(H,21,22,23). The summed E-state index contributed by atoms with van der Waals surface area (Å²) >= 11 is 0. The molecule has 1 fully saturated rings. The first-order valence-electron chi connectivity index (χ1n) is 9.08. The summed E-state index contributed by atoms with van der Waals surface area (Å²) in [6.45, 7) is 1.60. The number of nitrogens with zero attached hydrogens (tertiary/aromatic N) is 4. The number of likely N-dealkylation sites (tertiary alicyclic amines) is 1. The first-order chi connectivity index (χ1) is 12.7. The van der Waals surface area contributed by atoms with Crippen LogP contribution < -0.4 is 0 Å². The van der Waals surface area contributed by atoms with Gasteiger partial charge in [0.2, 0.25) is 0 Å². The van der Waals surface area contributed by atoms with Crippen LogP contribution in [0.3, 0.4) is 0 Å². The van der Waals surface area contributed by atoms with E-state index in [9.17, 15) is 4.79 Å². The van der Waals surface area contributed by atoms with Crippen molar-refractivity contribution < 1.29 is 4.79 Å². The zero-order valence-corrected chi connectivity index (χ0v) is 14.9. The van der Waals surface area contributed by atoms with Gasteiger partial charge in [0.05, 0.1) is 0 Å². The summed E-state index contributed by atoms with van der Waals surface area (Å²) in [5, 5.41) is 7.41. The van der Waals surface area contributed by atoms with Crippen molar-refractivity contribution in [2.24, 2.45) is 13.0 Å². The Balaban J connectivity index is 1.34. The molecule has 26 heavy (non-hydrogen) atoms. The molecular formula is C20H23N5O. The van der Waals surface area contributed by atoms with Crippen molar-refractivity contribution in [2.45, 2.75) is 19.3 Å². The molecule has 2 aromatic heterocycles. The molecule has 0 spiro atoms. The summed E-state index contributed by atoms with van der Waals surface area (Å²) < 4.78 is 1.88. The molecule has 0 saturated carbocycles. The lowest BCUT2D eigenvalue weighted by atomic mass is 9.93. The van der Waals surface area contributed by atoms with Gasteiger partial charge in [-0.15, -0.1) is 0 Å². The number of rotatable bonds is 4. The average Bonchev–Trinajstić information content (AvgIpc) is 3.32. The highest BCUT2D eigenvalue weighted by molar-refractivity contribution is 5.92. The molecule has 134 valence electrons. The van der Waals surface area contributed by atoms with Crippen LogP contribution in [0.4, 0.5) is 0 Å². The topological polar surface area (TPSA) is 66.8 Å². The van der Waals surface area contributed by atoms with Crippen LogP contribution in [0.5, 0.6) is 0 Å². The molecule has 0 radical (unpaired) electrons. The predicted octanol–water partition coefficient (Wildman–Crippen LogP) is 2.91. The monoisotopic (exact) mass is 349 g/mol. The summed E-state index contributed by atoms with van der Waals surface area (Å²) in [6.07, 6.45) is 4.79. The maximum Gasteiger partial charge on any atom is 0.270 e. The number of nitrogens with one attached hydrogen (secondary N) is 1. The van der Waals surface area contributed by atoms with Gasteiger partial charge in [0.25, 0.3) is 5.91 Å². The number of hydrogen-bond acceptors (Lipinski definition) is 3. The largest absolute Gasteiger partial charge is 0.347 e. The van der Waals surface area contributed by atoms with Gasteiger partial charge in [0.1, 0.15) is 11.5 Å². The van der Waals surface area contributed by atoms with Crippen LogP contribution in [0.1, 0.15) is 29.2 Å². The van der Waals surface area contributed by atoms with E-state index in [0.29, 0.717) is 5.92 Å². The van der Waals surface area contributed by atoms with Gasteiger partial charge in [0.15, 0.2) is 5.82 Å². The quantitative estimate of drug-likeness (QED) is 0.787. The molecule has 6 nitrogen and oxygen atoms in total. The number of H-pyrrole nitrogens is 1. The fourth-order valence-corrected chi connectivity index (χ4v) is 3.56. The molecule has 1 aliphatic rings. The molecule has 0 aliphatic carbocycles. The second-order valence-electron chi connectivity index (χ2n) is 6.92. The van der Waals surface area contributed by atoms with Gasteiger partial charge in [-0.1, -0.05) is 30.3 Å². The van der Waals surface area contributed by atoms with Crippen LogP contribution in [0.2, 0.25) is 0 Å². The van der Waals surface area contributed by atoms with E-state index < -0.39 is 0 Å². The van der Waals surface area contributed by atoms with Gasteiger partial charge in [-0.2, -0.15) is 5.10 Å². The Hall–Kier alpha value is -2.89. The van der Waals surface area contributed by atoms with E-state index in [-0.39, 0.29) is 5.91 Å². The second-order valence-corrected chi connectivity index (χ2v) is 6.92. The number of hydrogen-bond donors (Lipinski definition) is 1. The van der Waals surface area contributed by atoms with Crippen LogP contribution in [0, 0.1) is 5.92 Å². The maximum atomic E-state index is 12.6. The highest BCUT2D eigenvalue weighted by Crippen LogP contribution is 2.23. The first kappa shape index (κ1) is 16.6. The molecule has 1 saturated heterocycles. The van der Waals surface area contributed by atoms with E-state index in [1.165, 1.54) is 0 Å². The minimum Gasteiger partial charge on any atom is -0.347 e. The summed E-state index contributed by atoms with van der Waals surface area (Å²) in [6, 6.07) is 13.8. The zero-order chi connectivity index (χ0) is 17.9. The van der Waals surface area contributed by atoms with Crippen LogP contribution in [-0.4, -0.2) is 43.6 Å². The highest BCUT2D eigenvalue weighted by Gasteiger charge is 2.25. The third kappa shape index (κ3) is 3.40. The van der Waals surface area contributed by atoms with Crippen LogP contribution in [0.15, 0.2) is 48.7 Å².